The van der Waals surface area contributed by atoms with Gasteiger partial charge >= 0.3 is 0 Å². The van der Waals surface area contributed by atoms with E-state index in [4.69, 9.17) is 5.41 Å². The second-order valence-corrected chi connectivity index (χ2v) is 5.09. The average molecular weight is 281 g/mol. The van der Waals surface area contributed by atoms with E-state index in [2.05, 4.69) is 0 Å². The number of nitrogens with zero attached hydrogens (tertiary/aromatic N) is 2. The van der Waals surface area contributed by atoms with Gasteiger partial charge in [0.15, 0.2) is 0 Å². The van der Waals surface area contributed by atoms with E-state index in [1.807, 2.05) is 70.7 Å². The summed E-state index contributed by atoms with van der Waals surface area (Å²) in [6.07, 6.45) is -0.614. The Morgan fingerprint density at radius 2 is 1.52 bits per heavy atom. The van der Waals surface area contributed by atoms with Gasteiger partial charge < -0.3 is 14.2 Å². The monoisotopic (exact) mass is 281 g/mol. The maximum Gasteiger partial charge on any atom is 0.203 e. The van der Waals surface area contributed by atoms with Crippen LogP contribution >= 0.6 is 0 Å². The molecule has 0 aliphatic rings. The van der Waals surface area contributed by atoms with E-state index in [0.29, 0.717) is 12.2 Å². The first-order chi connectivity index (χ1) is 10.2. The Labute approximate surface area is 123 Å². The topological polar surface area (TPSA) is 53.9 Å². The molecule has 1 atom stereocenters. The maximum atomic E-state index is 10.4. The Kier molecular flexibility index (Phi) is 3.62. The number of rotatable bonds is 4. The highest BCUT2D eigenvalue weighted by atomic mass is 16.3. The summed E-state index contributed by atoms with van der Waals surface area (Å²) in [6, 6.07) is 17.5. The predicted molar refractivity (Wildman–Crippen MR) is 82.9 cm³/mol. The first-order valence-corrected chi connectivity index (χ1v) is 7.18. The normalized spacial score (nSPS) is 12.7. The number of aromatic nitrogens is 2. The van der Waals surface area contributed by atoms with Gasteiger partial charge in [-0.3, -0.25) is 5.41 Å². The highest BCUT2D eigenvalue weighted by molar-refractivity contribution is 5.75. The van der Waals surface area contributed by atoms with E-state index in [1.165, 1.54) is 0 Å². The van der Waals surface area contributed by atoms with Crippen LogP contribution in [0.2, 0.25) is 0 Å². The van der Waals surface area contributed by atoms with Crippen molar-refractivity contribution in [1.82, 2.24) is 9.13 Å². The van der Waals surface area contributed by atoms with E-state index in [9.17, 15) is 5.11 Å². The lowest BCUT2D eigenvalue weighted by atomic mass is 10.1. The summed E-state index contributed by atoms with van der Waals surface area (Å²) in [5.74, 6) is 0. The Morgan fingerprint density at radius 1 is 0.952 bits per heavy atom. The Bertz CT molecular complexity index is 802. The van der Waals surface area contributed by atoms with Gasteiger partial charge in [-0.05, 0) is 24.6 Å². The smallest absolute Gasteiger partial charge is 0.203 e. The van der Waals surface area contributed by atoms with Crippen molar-refractivity contribution in [3.63, 3.8) is 0 Å². The first kappa shape index (κ1) is 13.6. The van der Waals surface area contributed by atoms with Crippen LogP contribution in [0.25, 0.3) is 11.0 Å². The molecule has 0 radical (unpaired) electrons. The van der Waals surface area contributed by atoms with Gasteiger partial charge in [-0.15, -0.1) is 0 Å². The summed E-state index contributed by atoms with van der Waals surface area (Å²) in [5, 5.41) is 18.8. The van der Waals surface area contributed by atoms with Crippen LogP contribution in [0.1, 0.15) is 18.6 Å². The van der Waals surface area contributed by atoms with E-state index < -0.39 is 6.10 Å². The molecule has 1 heterocycles. The Hall–Kier alpha value is -2.33. The lowest BCUT2D eigenvalue weighted by Gasteiger charge is -2.12. The zero-order valence-electron chi connectivity index (χ0n) is 12.0. The molecular formula is C17H19N3O. The third-order valence-corrected chi connectivity index (χ3v) is 3.83. The number of nitrogens with one attached hydrogen (secondary N) is 1. The second-order valence-electron chi connectivity index (χ2n) is 5.09. The van der Waals surface area contributed by atoms with E-state index in [-0.39, 0.29) is 0 Å². The van der Waals surface area contributed by atoms with Crippen molar-refractivity contribution in [2.75, 3.05) is 0 Å². The van der Waals surface area contributed by atoms with Crippen LogP contribution in [0.15, 0.2) is 54.6 Å². The zero-order chi connectivity index (χ0) is 14.8. The maximum absolute atomic E-state index is 10.4. The molecule has 0 aliphatic carbocycles. The third-order valence-electron chi connectivity index (χ3n) is 3.83. The molecule has 2 aromatic carbocycles. The van der Waals surface area contributed by atoms with Gasteiger partial charge in [0.05, 0.1) is 23.7 Å². The van der Waals surface area contributed by atoms with Gasteiger partial charge in [0, 0.05) is 6.54 Å². The van der Waals surface area contributed by atoms with Gasteiger partial charge in [-0.1, -0.05) is 42.5 Å². The lowest BCUT2D eigenvalue weighted by molar-refractivity contribution is 0.155. The standard InChI is InChI=1S/C17H19N3O/c1-2-19-14-10-6-7-11-15(14)20(17(19)18)12-16(21)13-8-4-3-5-9-13/h3-11,16,18,21H,2,12H2,1H3/t16-/m0/s1. The molecule has 0 bridgehead atoms. The van der Waals surface area contributed by atoms with Crippen molar-refractivity contribution in [3.8, 4) is 0 Å². The van der Waals surface area contributed by atoms with Crippen LogP contribution in [-0.2, 0) is 13.1 Å². The molecule has 0 spiro atoms. The average Bonchev–Trinajstić information content (AvgIpc) is 2.80. The van der Waals surface area contributed by atoms with Gasteiger partial charge in [0.2, 0.25) is 5.62 Å². The quantitative estimate of drug-likeness (QED) is 0.759. The molecule has 3 aromatic rings. The summed E-state index contributed by atoms with van der Waals surface area (Å²) in [5.41, 5.74) is 3.32. The number of aryl methyl sites for hydroxylation is 1. The van der Waals surface area contributed by atoms with Crippen molar-refractivity contribution >= 4 is 11.0 Å². The van der Waals surface area contributed by atoms with Crippen LogP contribution in [0.3, 0.4) is 0 Å². The number of aliphatic hydroxyl groups excluding tert-OH is 1. The number of hydrogen-bond donors (Lipinski definition) is 2. The molecular weight excluding hydrogens is 262 g/mol. The van der Waals surface area contributed by atoms with Crippen molar-refractivity contribution in [2.45, 2.75) is 26.1 Å². The Balaban J connectivity index is 2.05. The van der Waals surface area contributed by atoms with Gasteiger partial charge in [-0.2, -0.15) is 0 Å². The molecule has 21 heavy (non-hydrogen) atoms. The number of aliphatic hydroxyl groups is 1. The minimum Gasteiger partial charge on any atom is -0.387 e. The minimum absolute atomic E-state index is 0.385. The molecule has 2 N–H and O–H groups in total. The lowest BCUT2D eigenvalue weighted by Crippen LogP contribution is -2.26. The van der Waals surface area contributed by atoms with Gasteiger partial charge in [0.1, 0.15) is 0 Å². The van der Waals surface area contributed by atoms with Crippen molar-refractivity contribution < 1.29 is 5.11 Å². The molecule has 4 nitrogen and oxygen atoms in total. The fraction of sp³-hybridized carbons (Fsp3) is 0.235. The second kappa shape index (κ2) is 5.58. The van der Waals surface area contributed by atoms with Crippen LogP contribution < -0.4 is 5.62 Å². The molecule has 0 aliphatic heterocycles. The highest BCUT2D eigenvalue weighted by Gasteiger charge is 2.14. The number of para-hydroxylation sites is 2. The number of fused-ring (bicyclic) bond motifs is 1. The molecule has 0 unspecified atom stereocenters. The number of hydrogen-bond acceptors (Lipinski definition) is 2. The zero-order valence-corrected chi connectivity index (χ0v) is 12.0. The van der Waals surface area contributed by atoms with Crippen molar-refractivity contribution in [2.24, 2.45) is 0 Å². The van der Waals surface area contributed by atoms with Crippen molar-refractivity contribution in [3.05, 3.63) is 65.8 Å². The number of imidazole rings is 1. The molecule has 0 saturated carbocycles. The molecule has 0 saturated heterocycles. The molecule has 4 heteroatoms. The summed E-state index contributed by atoms with van der Waals surface area (Å²) in [7, 11) is 0. The predicted octanol–water partition coefficient (Wildman–Crippen LogP) is 2.68. The highest BCUT2D eigenvalue weighted by Crippen LogP contribution is 2.18. The SMILES string of the molecule is CCn1c(=N)n(C[C@H](O)c2ccccc2)c2ccccc21. The first-order valence-electron chi connectivity index (χ1n) is 7.18. The fourth-order valence-electron chi connectivity index (χ4n) is 2.75. The van der Waals surface area contributed by atoms with Gasteiger partial charge in [-0.25, -0.2) is 0 Å². The summed E-state index contributed by atoms with van der Waals surface area (Å²) < 4.78 is 3.82. The molecule has 3 rings (SSSR count). The van der Waals surface area contributed by atoms with Crippen LogP contribution in [0.5, 0.6) is 0 Å². The summed E-state index contributed by atoms with van der Waals surface area (Å²) in [4.78, 5) is 0. The van der Waals surface area contributed by atoms with E-state index in [0.717, 1.165) is 23.1 Å². The largest absolute Gasteiger partial charge is 0.387 e. The van der Waals surface area contributed by atoms with Gasteiger partial charge in [0.25, 0.3) is 0 Å². The van der Waals surface area contributed by atoms with Crippen molar-refractivity contribution in [1.29, 1.82) is 5.41 Å². The number of benzene rings is 2. The van der Waals surface area contributed by atoms with Crippen LogP contribution in [0.4, 0.5) is 0 Å². The third kappa shape index (κ3) is 2.38. The van der Waals surface area contributed by atoms with E-state index >= 15 is 0 Å². The molecule has 0 amide bonds. The summed E-state index contributed by atoms with van der Waals surface area (Å²) in [6.45, 7) is 3.16. The van der Waals surface area contributed by atoms with Crippen LogP contribution in [-0.4, -0.2) is 14.2 Å². The molecule has 1 aromatic heterocycles. The summed E-state index contributed by atoms with van der Waals surface area (Å²) >= 11 is 0. The molecule has 108 valence electrons. The minimum atomic E-state index is -0.614. The molecule has 0 fully saturated rings. The van der Waals surface area contributed by atoms with E-state index in [1.54, 1.807) is 0 Å². The fourth-order valence-corrected chi connectivity index (χ4v) is 2.75. The Morgan fingerprint density at radius 3 is 2.14 bits per heavy atom. The van der Waals surface area contributed by atoms with Crippen LogP contribution in [0, 0.1) is 5.41 Å².